The van der Waals surface area contributed by atoms with Crippen molar-refractivity contribution in [3.8, 4) is 0 Å². The number of fused-ring (bicyclic) bond motifs is 2. The summed E-state index contributed by atoms with van der Waals surface area (Å²) in [6.07, 6.45) is 0. The van der Waals surface area contributed by atoms with Crippen LogP contribution in [0.3, 0.4) is 0 Å². The van der Waals surface area contributed by atoms with Gasteiger partial charge in [-0.3, -0.25) is 4.79 Å². The van der Waals surface area contributed by atoms with Gasteiger partial charge in [0.2, 0.25) is 5.12 Å². The van der Waals surface area contributed by atoms with E-state index in [1.165, 1.54) is 11.8 Å². The van der Waals surface area contributed by atoms with E-state index in [0.29, 0.717) is 0 Å². The van der Waals surface area contributed by atoms with Crippen molar-refractivity contribution in [3.63, 3.8) is 0 Å². The van der Waals surface area contributed by atoms with Crippen LogP contribution in [0.15, 0.2) is 29.2 Å². The fraction of sp³-hybridized carbons (Fsp3) is 0.500. The maximum atomic E-state index is 12.4. The Bertz CT molecular complexity index is 519. The van der Waals surface area contributed by atoms with E-state index in [2.05, 4.69) is 27.7 Å². The van der Waals surface area contributed by atoms with Crippen molar-refractivity contribution in [2.45, 2.75) is 43.8 Å². The Kier molecular flexibility index (Phi) is 1.96. The number of carbonyl (C=O) groups excluding carboxylic acids is 1. The topological polar surface area (TPSA) is 26.3 Å². The van der Waals surface area contributed by atoms with E-state index < -0.39 is 5.60 Å². The second kappa shape index (κ2) is 2.96. The third kappa shape index (κ3) is 1.05. The predicted molar refractivity (Wildman–Crippen MR) is 67.9 cm³/mol. The lowest BCUT2D eigenvalue weighted by atomic mass is 9.57. The monoisotopic (exact) mass is 248 g/mol. The summed E-state index contributed by atoms with van der Waals surface area (Å²) in [5.41, 5.74) is -0.144. The number of thioether (sulfide) groups is 1. The fourth-order valence-electron chi connectivity index (χ4n) is 2.83. The number of carbonyl (C=O) groups is 1. The quantitative estimate of drug-likeness (QED) is 0.704. The highest BCUT2D eigenvalue weighted by Crippen LogP contribution is 2.67. The van der Waals surface area contributed by atoms with Crippen molar-refractivity contribution < 1.29 is 9.53 Å². The number of hydrogen-bond acceptors (Lipinski definition) is 3. The van der Waals surface area contributed by atoms with Gasteiger partial charge in [0.25, 0.3) is 0 Å². The summed E-state index contributed by atoms with van der Waals surface area (Å²) >= 11 is 1.31. The normalized spacial score (nSPS) is 32.4. The smallest absolute Gasteiger partial charge is 0.230 e. The number of benzene rings is 1. The lowest BCUT2D eigenvalue weighted by Crippen LogP contribution is -2.71. The summed E-state index contributed by atoms with van der Waals surface area (Å²) in [6.45, 7) is 8.35. The molecule has 0 aliphatic carbocycles. The van der Waals surface area contributed by atoms with E-state index >= 15 is 0 Å². The van der Waals surface area contributed by atoms with Crippen molar-refractivity contribution in [1.82, 2.24) is 0 Å². The molecule has 0 radical (unpaired) electrons. The Labute approximate surface area is 106 Å². The van der Waals surface area contributed by atoms with Gasteiger partial charge in [-0.1, -0.05) is 32.0 Å². The van der Waals surface area contributed by atoms with Crippen LogP contribution in [0.4, 0.5) is 0 Å². The molecule has 0 bridgehead atoms. The number of rotatable bonds is 0. The first-order valence-corrected chi connectivity index (χ1v) is 6.66. The summed E-state index contributed by atoms with van der Waals surface area (Å²) in [5.74, 6) is 0. The Morgan fingerprint density at radius 2 is 1.76 bits per heavy atom. The number of hydrogen-bond donors (Lipinski definition) is 0. The molecule has 2 nitrogen and oxygen atoms in total. The van der Waals surface area contributed by atoms with E-state index in [4.69, 9.17) is 4.74 Å². The predicted octanol–water partition coefficient (Wildman–Crippen LogP) is 3.35. The molecule has 1 aromatic rings. The van der Waals surface area contributed by atoms with Crippen molar-refractivity contribution >= 4 is 16.9 Å². The standard InChI is InChI=1S/C14H16O2S/c1-12(2)13(3,4)16-14(12)9-7-5-6-8-10(9)17-11(14)15/h5-8H,1-4H3. The van der Waals surface area contributed by atoms with Gasteiger partial charge in [0.1, 0.15) is 0 Å². The van der Waals surface area contributed by atoms with Crippen LogP contribution < -0.4 is 0 Å². The van der Waals surface area contributed by atoms with E-state index in [0.717, 1.165) is 10.5 Å². The van der Waals surface area contributed by atoms with Crippen molar-refractivity contribution in [1.29, 1.82) is 0 Å². The van der Waals surface area contributed by atoms with Gasteiger partial charge in [0.05, 0.1) is 5.60 Å². The maximum absolute atomic E-state index is 12.4. The minimum atomic E-state index is -0.738. The lowest BCUT2D eigenvalue weighted by molar-refractivity contribution is -0.340. The molecule has 90 valence electrons. The Hall–Kier alpha value is -0.800. The van der Waals surface area contributed by atoms with E-state index in [1.54, 1.807) is 0 Å². The summed E-state index contributed by atoms with van der Waals surface area (Å²) < 4.78 is 6.06. The average molecular weight is 248 g/mol. The zero-order valence-electron chi connectivity index (χ0n) is 10.5. The van der Waals surface area contributed by atoms with Gasteiger partial charge in [-0.05, 0) is 31.7 Å². The van der Waals surface area contributed by atoms with Gasteiger partial charge >= 0.3 is 0 Å². The first kappa shape index (κ1) is 11.3. The highest BCUT2D eigenvalue weighted by molar-refractivity contribution is 8.14. The second-order valence-corrected chi connectivity index (χ2v) is 6.82. The van der Waals surface area contributed by atoms with Gasteiger partial charge in [-0.15, -0.1) is 0 Å². The molecule has 2 aliphatic heterocycles. The molecule has 0 N–H and O–H groups in total. The highest BCUT2D eigenvalue weighted by Gasteiger charge is 2.73. The third-order valence-corrected chi connectivity index (χ3v) is 5.60. The third-order valence-electron chi connectivity index (χ3n) is 4.55. The SMILES string of the molecule is CC1(C)OC2(C(=O)Sc3ccccc32)C1(C)C. The summed E-state index contributed by atoms with van der Waals surface area (Å²) in [4.78, 5) is 13.4. The minimum Gasteiger partial charge on any atom is -0.354 e. The molecule has 2 heterocycles. The molecule has 0 aromatic heterocycles. The molecular weight excluding hydrogens is 232 g/mol. The fourth-order valence-corrected chi connectivity index (χ4v) is 4.05. The van der Waals surface area contributed by atoms with E-state index in [9.17, 15) is 4.79 Å². The molecular formula is C14H16O2S. The first-order chi connectivity index (χ1) is 7.83. The van der Waals surface area contributed by atoms with Gasteiger partial charge < -0.3 is 4.74 Å². The molecule has 3 rings (SSSR count). The Balaban J connectivity index is 2.21. The van der Waals surface area contributed by atoms with Crippen molar-refractivity contribution in [2.24, 2.45) is 5.41 Å². The summed E-state index contributed by atoms with van der Waals surface area (Å²) in [7, 11) is 0. The van der Waals surface area contributed by atoms with Crippen LogP contribution in [-0.4, -0.2) is 10.7 Å². The zero-order valence-corrected chi connectivity index (χ0v) is 11.4. The largest absolute Gasteiger partial charge is 0.354 e. The maximum Gasteiger partial charge on any atom is 0.230 e. The van der Waals surface area contributed by atoms with Gasteiger partial charge in [0.15, 0.2) is 5.60 Å². The molecule has 3 heteroatoms. The molecule has 0 amide bonds. The van der Waals surface area contributed by atoms with E-state index in [1.807, 2.05) is 24.3 Å². The van der Waals surface area contributed by atoms with Crippen molar-refractivity contribution in [3.05, 3.63) is 29.8 Å². The summed E-state index contributed by atoms with van der Waals surface area (Å²) in [5, 5.41) is 0.128. The molecule has 1 unspecified atom stereocenters. The molecule has 1 spiro atoms. The zero-order chi connectivity index (χ0) is 12.5. The molecule has 0 saturated carbocycles. The average Bonchev–Trinajstić information content (AvgIpc) is 2.54. The van der Waals surface area contributed by atoms with Crippen LogP contribution in [0.25, 0.3) is 0 Å². The second-order valence-electron chi connectivity index (χ2n) is 5.80. The highest BCUT2D eigenvalue weighted by atomic mass is 32.2. The molecule has 2 aliphatic rings. The summed E-state index contributed by atoms with van der Waals surface area (Å²) in [6, 6.07) is 7.96. The molecule has 1 aromatic carbocycles. The van der Waals surface area contributed by atoms with Crippen LogP contribution in [0.5, 0.6) is 0 Å². The van der Waals surface area contributed by atoms with E-state index in [-0.39, 0.29) is 16.1 Å². The van der Waals surface area contributed by atoms with Crippen LogP contribution >= 0.6 is 11.8 Å². The lowest BCUT2D eigenvalue weighted by Gasteiger charge is -2.63. The molecule has 1 saturated heterocycles. The molecule has 1 fully saturated rings. The number of ether oxygens (including phenoxy) is 1. The first-order valence-electron chi connectivity index (χ1n) is 5.85. The Morgan fingerprint density at radius 3 is 2.35 bits per heavy atom. The van der Waals surface area contributed by atoms with Crippen LogP contribution in [0.1, 0.15) is 33.3 Å². The Morgan fingerprint density at radius 1 is 1.12 bits per heavy atom. The molecule has 17 heavy (non-hydrogen) atoms. The minimum absolute atomic E-state index is 0.128. The molecule has 1 atom stereocenters. The van der Waals surface area contributed by atoms with Gasteiger partial charge in [-0.25, -0.2) is 0 Å². The van der Waals surface area contributed by atoms with Crippen molar-refractivity contribution in [2.75, 3.05) is 0 Å². The van der Waals surface area contributed by atoms with Gasteiger partial charge in [-0.2, -0.15) is 0 Å². The van der Waals surface area contributed by atoms with Gasteiger partial charge in [0, 0.05) is 15.9 Å². The van der Waals surface area contributed by atoms with Crippen LogP contribution in [0, 0.1) is 5.41 Å². The van der Waals surface area contributed by atoms with Crippen LogP contribution in [0.2, 0.25) is 0 Å². The van der Waals surface area contributed by atoms with Crippen LogP contribution in [-0.2, 0) is 15.1 Å².